The second-order valence-corrected chi connectivity index (χ2v) is 4.64. The van der Waals surface area contributed by atoms with Gasteiger partial charge in [-0.2, -0.15) is 0 Å². The van der Waals surface area contributed by atoms with E-state index >= 15 is 0 Å². The summed E-state index contributed by atoms with van der Waals surface area (Å²) in [6, 6.07) is 8.29. The molecule has 94 valence electrons. The topological polar surface area (TPSA) is 37.4 Å². The Kier molecular flexibility index (Phi) is 3.92. The fourth-order valence-corrected chi connectivity index (χ4v) is 2.48. The maximum atomic E-state index is 11.9. The van der Waals surface area contributed by atoms with Gasteiger partial charge in [-0.3, -0.25) is 14.5 Å². The van der Waals surface area contributed by atoms with E-state index in [1.54, 1.807) is 13.0 Å². The minimum Gasteiger partial charge on any atom is -0.278 e. The summed E-state index contributed by atoms with van der Waals surface area (Å²) in [5.74, 6) is 0.198. The minimum atomic E-state index is -0.124. The van der Waals surface area contributed by atoms with Gasteiger partial charge in [0.25, 0.3) is 0 Å². The third-order valence-electron chi connectivity index (χ3n) is 3.31. The molecular formula is C15H17NO2. The van der Waals surface area contributed by atoms with Gasteiger partial charge in [0.15, 0.2) is 0 Å². The highest BCUT2D eigenvalue weighted by Crippen LogP contribution is 2.28. The zero-order valence-electron chi connectivity index (χ0n) is 10.5. The Morgan fingerprint density at radius 1 is 1.33 bits per heavy atom. The molecule has 1 aromatic rings. The Balaban J connectivity index is 1.97. The van der Waals surface area contributed by atoms with Crippen LogP contribution in [0.5, 0.6) is 0 Å². The largest absolute Gasteiger partial charge is 0.278 e. The monoisotopic (exact) mass is 243 g/mol. The predicted molar refractivity (Wildman–Crippen MR) is 69.7 cm³/mol. The number of carbonyl (C=O) groups is 2. The van der Waals surface area contributed by atoms with Crippen molar-refractivity contribution in [2.24, 2.45) is 5.92 Å². The third-order valence-corrected chi connectivity index (χ3v) is 3.31. The molecule has 0 heterocycles. The molecule has 0 N–H and O–H groups in total. The van der Waals surface area contributed by atoms with Gasteiger partial charge < -0.3 is 0 Å². The Hall–Kier alpha value is -1.90. The molecule has 2 rings (SSSR count). The van der Waals surface area contributed by atoms with Crippen molar-refractivity contribution < 1.29 is 9.59 Å². The molecule has 18 heavy (non-hydrogen) atoms. The van der Waals surface area contributed by atoms with Crippen molar-refractivity contribution in [2.75, 3.05) is 0 Å². The molecule has 1 aliphatic rings. The lowest BCUT2D eigenvalue weighted by Gasteiger charge is -2.13. The van der Waals surface area contributed by atoms with Crippen molar-refractivity contribution in [3.05, 3.63) is 47.7 Å². The van der Waals surface area contributed by atoms with E-state index in [0.717, 1.165) is 17.7 Å². The molecule has 0 radical (unpaired) electrons. The van der Waals surface area contributed by atoms with E-state index in [1.165, 1.54) is 17.3 Å². The van der Waals surface area contributed by atoms with Crippen molar-refractivity contribution in [1.29, 1.82) is 0 Å². The average molecular weight is 243 g/mol. The van der Waals surface area contributed by atoms with E-state index in [4.69, 9.17) is 0 Å². The maximum absolute atomic E-state index is 11.9. The average Bonchev–Trinajstić information content (AvgIpc) is 2.77. The minimum absolute atomic E-state index is 0.124. The van der Waals surface area contributed by atoms with Gasteiger partial charge in [0, 0.05) is 12.6 Å². The summed E-state index contributed by atoms with van der Waals surface area (Å²) < 4.78 is 0. The fraction of sp³-hybridized carbons (Fsp3) is 0.333. The van der Waals surface area contributed by atoms with Gasteiger partial charge in [-0.05, 0) is 36.8 Å². The van der Waals surface area contributed by atoms with Crippen LogP contribution in [0.15, 0.2) is 36.5 Å². The lowest BCUT2D eigenvalue weighted by Crippen LogP contribution is -2.26. The highest BCUT2D eigenvalue weighted by molar-refractivity contribution is 5.87. The molecule has 0 bridgehead atoms. The Labute approximate surface area is 107 Å². The number of hydrogen-bond acceptors (Lipinski definition) is 2. The number of nitrogens with zero attached hydrogens (tertiary/aromatic N) is 1. The molecule has 3 heteroatoms. The van der Waals surface area contributed by atoms with Crippen molar-refractivity contribution in [3.63, 3.8) is 0 Å². The lowest BCUT2D eigenvalue weighted by molar-refractivity contribution is -0.135. The zero-order chi connectivity index (χ0) is 13.0. The van der Waals surface area contributed by atoms with Crippen LogP contribution >= 0.6 is 0 Å². The highest BCUT2D eigenvalue weighted by Gasteiger charge is 2.24. The molecule has 1 aliphatic carbocycles. The number of imide groups is 1. The molecule has 0 saturated heterocycles. The van der Waals surface area contributed by atoms with Crippen LogP contribution in [-0.4, -0.2) is 17.2 Å². The number of benzene rings is 1. The van der Waals surface area contributed by atoms with Crippen LogP contribution in [0.25, 0.3) is 0 Å². The van der Waals surface area contributed by atoms with Gasteiger partial charge in [0.1, 0.15) is 0 Å². The van der Waals surface area contributed by atoms with Crippen LogP contribution < -0.4 is 0 Å². The summed E-state index contributed by atoms with van der Waals surface area (Å²) in [6.45, 7) is 1.79. The molecule has 0 aromatic heterocycles. The van der Waals surface area contributed by atoms with Crippen LogP contribution in [0.2, 0.25) is 0 Å². The SMILES string of the molecule is C/C=C/N(C=O)C(=O)CC1Cc2ccccc2C1. The van der Waals surface area contributed by atoms with E-state index in [9.17, 15) is 9.59 Å². The molecule has 0 spiro atoms. The van der Waals surface area contributed by atoms with E-state index in [-0.39, 0.29) is 5.91 Å². The molecular weight excluding hydrogens is 226 g/mol. The number of amides is 2. The van der Waals surface area contributed by atoms with Crippen molar-refractivity contribution >= 4 is 12.3 Å². The summed E-state index contributed by atoms with van der Waals surface area (Å²) >= 11 is 0. The first kappa shape index (κ1) is 12.6. The summed E-state index contributed by atoms with van der Waals surface area (Å²) in [5, 5.41) is 0. The maximum Gasteiger partial charge on any atom is 0.233 e. The molecule has 3 nitrogen and oxygen atoms in total. The number of carbonyl (C=O) groups excluding carboxylic acids is 2. The van der Waals surface area contributed by atoms with Crippen LogP contribution in [0.3, 0.4) is 0 Å². The van der Waals surface area contributed by atoms with E-state index < -0.39 is 0 Å². The summed E-state index contributed by atoms with van der Waals surface area (Å²) in [7, 11) is 0. The summed E-state index contributed by atoms with van der Waals surface area (Å²) in [6.07, 6.45) is 6.07. The molecule has 0 saturated carbocycles. The highest BCUT2D eigenvalue weighted by atomic mass is 16.2. The lowest BCUT2D eigenvalue weighted by atomic mass is 10.0. The van der Waals surface area contributed by atoms with Crippen LogP contribution in [-0.2, 0) is 22.4 Å². The first-order chi connectivity index (χ1) is 8.74. The van der Waals surface area contributed by atoms with Crippen LogP contribution in [0, 0.1) is 5.92 Å². The van der Waals surface area contributed by atoms with E-state index in [2.05, 4.69) is 12.1 Å². The first-order valence-electron chi connectivity index (χ1n) is 6.20. The van der Waals surface area contributed by atoms with Crippen molar-refractivity contribution in [3.8, 4) is 0 Å². The fourth-order valence-electron chi connectivity index (χ4n) is 2.48. The van der Waals surface area contributed by atoms with Crippen molar-refractivity contribution in [2.45, 2.75) is 26.2 Å². The Morgan fingerprint density at radius 2 is 1.94 bits per heavy atom. The number of hydrogen-bond donors (Lipinski definition) is 0. The molecule has 2 amide bonds. The number of allylic oxidation sites excluding steroid dienone is 1. The Bertz CT molecular complexity index is 454. The van der Waals surface area contributed by atoms with Gasteiger partial charge in [-0.1, -0.05) is 30.3 Å². The van der Waals surface area contributed by atoms with Crippen LogP contribution in [0.1, 0.15) is 24.5 Å². The van der Waals surface area contributed by atoms with Crippen molar-refractivity contribution in [1.82, 2.24) is 4.90 Å². The van der Waals surface area contributed by atoms with E-state index in [1.807, 2.05) is 12.1 Å². The van der Waals surface area contributed by atoms with Gasteiger partial charge >= 0.3 is 0 Å². The second-order valence-electron chi connectivity index (χ2n) is 4.64. The van der Waals surface area contributed by atoms with E-state index in [0.29, 0.717) is 18.7 Å². The first-order valence-corrected chi connectivity index (χ1v) is 6.20. The molecule has 0 unspecified atom stereocenters. The zero-order valence-corrected chi connectivity index (χ0v) is 10.5. The third kappa shape index (κ3) is 2.67. The smallest absolute Gasteiger partial charge is 0.233 e. The predicted octanol–water partition coefficient (Wildman–Crippen LogP) is 2.31. The van der Waals surface area contributed by atoms with Gasteiger partial charge in [0.2, 0.25) is 12.3 Å². The second kappa shape index (κ2) is 5.63. The molecule has 0 fully saturated rings. The number of rotatable bonds is 4. The molecule has 0 atom stereocenters. The Morgan fingerprint density at radius 3 is 2.44 bits per heavy atom. The van der Waals surface area contributed by atoms with Gasteiger partial charge in [0.05, 0.1) is 0 Å². The molecule has 1 aromatic carbocycles. The summed E-state index contributed by atoms with van der Waals surface area (Å²) in [5.41, 5.74) is 2.66. The van der Waals surface area contributed by atoms with Crippen LogP contribution in [0.4, 0.5) is 0 Å². The van der Waals surface area contributed by atoms with Gasteiger partial charge in [-0.25, -0.2) is 0 Å². The van der Waals surface area contributed by atoms with Gasteiger partial charge in [-0.15, -0.1) is 0 Å². The summed E-state index contributed by atoms with van der Waals surface area (Å²) in [4.78, 5) is 23.8. The molecule has 0 aliphatic heterocycles. The quantitative estimate of drug-likeness (QED) is 0.761. The number of fused-ring (bicyclic) bond motifs is 1. The standard InChI is InChI=1S/C15H17NO2/c1-2-7-16(11-17)15(18)10-12-8-13-5-3-4-6-14(13)9-12/h2-7,11-12H,8-10H2,1H3/b7-2+. The normalized spacial score (nSPS) is 14.7.